The zero-order chi connectivity index (χ0) is 20.9. The number of hydrogen-bond acceptors (Lipinski definition) is 5. The van der Waals surface area contributed by atoms with E-state index in [1.807, 2.05) is 18.2 Å². The van der Waals surface area contributed by atoms with Gasteiger partial charge in [-0.15, -0.1) is 0 Å². The number of rotatable bonds is 4. The molecule has 3 aliphatic rings. The predicted molar refractivity (Wildman–Crippen MR) is 112 cm³/mol. The smallest absolute Gasteiger partial charge is 0.242 e. The van der Waals surface area contributed by atoms with Crippen molar-refractivity contribution >= 4 is 0 Å². The molecular weight excluding hydrogens is 382 g/mol. The van der Waals surface area contributed by atoms with Gasteiger partial charge in [0.25, 0.3) is 0 Å². The van der Waals surface area contributed by atoms with Crippen molar-refractivity contribution in [1.82, 2.24) is 0 Å². The molecule has 3 atom stereocenters. The fourth-order valence-electron chi connectivity index (χ4n) is 5.38. The Bertz CT molecular complexity index is 955. The van der Waals surface area contributed by atoms with E-state index in [1.165, 1.54) is 17.7 Å². The Labute approximate surface area is 177 Å². The first kappa shape index (κ1) is 19.4. The van der Waals surface area contributed by atoms with Crippen LogP contribution in [0.3, 0.4) is 0 Å². The van der Waals surface area contributed by atoms with E-state index in [4.69, 9.17) is 23.7 Å². The van der Waals surface area contributed by atoms with E-state index < -0.39 is 0 Å². The van der Waals surface area contributed by atoms with Gasteiger partial charge in [-0.3, -0.25) is 4.90 Å². The maximum Gasteiger partial charge on any atom is 0.242 e. The van der Waals surface area contributed by atoms with Crippen molar-refractivity contribution in [2.45, 2.75) is 38.3 Å². The summed E-state index contributed by atoms with van der Waals surface area (Å²) in [5, 5.41) is 0. The van der Waals surface area contributed by atoms with E-state index in [2.05, 4.69) is 26.0 Å². The number of methoxy groups -OCH3 is 2. The van der Waals surface area contributed by atoms with Gasteiger partial charge < -0.3 is 23.7 Å². The van der Waals surface area contributed by atoms with Crippen LogP contribution in [0.1, 0.15) is 43.7 Å². The Balaban J connectivity index is 1.68. The first-order valence-corrected chi connectivity index (χ1v) is 10.7. The number of benzene rings is 2. The zero-order valence-corrected chi connectivity index (χ0v) is 18.1. The highest BCUT2D eigenvalue weighted by molar-refractivity contribution is 5.58. The summed E-state index contributed by atoms with van der Waals surface area (Å²) >= 11 is 0. The molecule has 0 spiro atoms. The van der Waals surface area contributed by atoms with Crippen LogP contribution < -0.4 is 28.6 Å². The predicted octanol–water partition coefficient (Wildman–Crippen LogP) is 2.99. The molecule has 0 aromatic heterocycles. The molecule has 1 saturated heterocycles. The molecule has 0 radical (unpaired) electrons. The summed E-state index contributed by atoms with van der Waals surface area (Å²) in [5.41, 5.74) is 1.91. The van der Waals surface area contributed by atoms with Crippen LogP contribution in [0, 0.1) is 5.92 Å². The molecule has 0 bridgehead atoms. The lowest BCUT2D eigenvalue weighted by atomic mass is 9.73. The van der Waals surface area contributed by atoms with Crippen molar-refractivity contribution in [3.05, 3.63) is 41.5 Å². The van der Waals surface area contributed by atoms with Gasteiger partial charge in [0.2, 0.25) is 12.5 Å². The quantitative estimate of drug-likeness (QED) is 0.837. The van der Waals surface area contributed by atoms with E-state index in [-0.39, 0.29) is 24.4 Å². The van der Waals surface area contributed by atoms with E-state index >= 15 is 0 Å². The monoisotopic (exact) mass is 412 g/mol. The van der Waals surface area contributed by atoms with Crippen LogP contribution in [0.2, 0.25) is 0 Å². The molecule has 6 heteroatoms. The zero-order valence-electron chi connectivity index (χ0n) is 18.1. The molecular formula is C24H30NO5+. The summed E-state index contributed by atoms with van der Waals surface area (Å²) < 4.78 is 29.4. The Morgan fingerprint density at radius 2 is 1.67 bits per heavy atom. The molecule has 30 heavy (non-hydrogen) atoms. The van der Waals surface area contributed by atoms with Crippen LogP contribution in [0.25, 0.3) is 0 Å². The van der Waals surface area contributed by atoms with Gasteiger partial charge in [-0.2, -0.15) is 0 Å². The van der Waals surface area contributed by atoms with Crippen molar-refractivity contribution in [1.29, 1.82) is 0 Å². The SMILES string of the molecule is COc1ccc([C@H]2c3cc4c(cc3O[C@@](C)([NH+]3CCCC3)[C@@H]2C)OCO4)c(OC)c1. The summed E-state index contributed by atoms with van der Waals surface area (Å²) in [6, 6.07) is 10.2. The third-order valence-corrected chi connectivity index (χ3v) is 7.22. The second-order valence-electron chi connectivity index (χ2n) is 8.64. The molecule has 3 heterocycles. The Kier molecular flexibility index (Phi) is 4.69. The minimum atomic E-state index is -0.340. The van der Waals surface area contributed by atoms with Crippen molar-refractivity contribution in [3.63, 3.8) is 0 Å². The maximum absolute atomic E-state index is 6.77. The molecule has 1 N–H and O–H groups in total. The second kappa shape index (κ2) is 7.27. The average Bonchev–Trinajstić information content (AvgIpc) is 3.45. The second-order valence-corrected chi connectivity index (χ2v) is 8.64. The fraction of sp³-hybridized carbons (Fsp3) is 0.500. The van der Waals surface area contributed by atoms with Crippen LogP contribution in [-0.2, 0) is 0 Å². The molecule has 1 fully saturated rings. The normalized spacial score (nSPS) is 27.5. The first-order chi connectivity index (χ1) is 14.5. The van der Waals surface area contributed by atoms with E-state index in [1.54, 1.807) is 14.2 Å². The third-order valence-electron chi connectivity index (χ3n) is 7.22. The maximum atomic E-state index is 6.77. The molecule has 6 nitrogen and oxygen atoms in total. The van der Waals surface area contributed by atoms with Crippen molar-refractivity contribution in [2.75, 3.05) is 34.1 Å². The van der Waals surface area contributed by atoms with E-state index in [0.717, 1.165) is 53.0 Å². The van der Waals surface area contributed by atoms with Gasteiger partial charge in [0.1, 0.15) is 17.2 Å². The molecule has 2 aromatic rings. The minimum Gasteiger partial charge on any atom is -0.497 e. The summed E-state index contributed by atoms with van der Waals surface area (Å²) in [7, 11) is 3.39. The van der Waals surface area contributed by atoms with Crippen LogP contribution in [0.5, 0.6) is 28.7 Å². The van der Waals surface area contributed by atoms with Gasteiger partial charge in [0.05, 0.1) is 33.2 Å². The summed E-state index contributed by atoms with van der Waals surface area (Å²) in [4.78, 5) is 1.51. The molecule has 0 aliphatic carbocycles. The van der Waals surface area contributed by atoms with Crippen LogP contribution in [0.4, 0.5) is 0 Å². The number of hydrogen-bond donors (Lipinski definition) is 1. The van der Waals surface area contributed by atoms with Gasteiger partial charge in [-0.1, -0.05) is 13.0 Å². The number of fused-ring (bicyclic) bond motifs is 2. The van der Waals surface area contributed by atoms with Gasteiger partial charge >= 0.3 is 0 Å². The van der Waals surface area contributed by atoms with Crippen LogP contribution >= 0.6 is 0 Å². The van der Waals surface area contributed by atoms with Gasteiger partial charge in [-0.05, 0) is 12.1 Å². The lowest BCUT2D eigenvalue weighted by molar-refractivity contribution is -0.967. The number of ether oxygens (including phenoxy) is 5. The van der Waals surface area contributed by atoms with Crippen LogP contribution in [-0.4, -0.2) is 39.8 Å². The Hall–Kier alpha value is -2.60. The Morgan fingerprint density at radius 3 is 2.37 bits per heavy atom. The van der Waals surface area contributed by atoms with E-state index in [9.17, 15) is 0 Å². The van der Waals surface area contributed by atoms with Crippen molar-refractivity contribution in [3.8, 4) is 28.7 Å². The summed E-state index contributed by atoms with van der Waals surface area (Å²) in [6.45, 7) is 7.07. The van der Waals surface area contributed by atoms with Gasteiger partial charge in [0, 0.05) is 48.9 Å². The Morgan fingerprint density at radius 1 is 0.933 bits per heavy atom. The molecule has 160 valence electrons. The lowest BCUT2D eigenvalue weighted by Crippen LogP contribution is -3.20. The molecule has 0 saturated carbocycles. The van der Waals surface area contributed by atoms with Gasteiger partial charge in [-0.25, -0.2) is 0 Å². The molecule has 0 unspecified atom stereocenters. The standard InChI is InChI=1S/C24H29NO5/c1-15-23(17-8-7-16(26-3)11-19(17)27-4)18-12-21-22(29-14-28-21)13-20(18)30-24(15,2)25-9-5-6-10-25/h7-8,11-13,15,23H,5-6,9-10,14H2,1-4H3/p+1/t15-,23+,24-/m1/s1. The molecule has 5 rings (SSSR count). The van der Waals surface area contributed by atoms with E-state index in [0.29, 0.717) is 0 Å². The summed E-state index contributed by atoms with van der Waals surface area (Å²) in [5.74, 6) is 4.34. The van der Waals surface area contributed by atoms with Crippen molar-refractivity contribution in [2.24, 2.45) is 5.92 Å². The number of nitrogens with one attached hydrogen (secondary N) is 1. The first-order valence-electron chi connectivity index (χ1n) is 10.7. The number of likely N-dealkylation sites (tertiary alicyclic amines) is 1. The molecule has 0 amide bonds. The third kappa shape index (κ3) is 2.88. The lowest BCUT2D eigenvalue weighted by Gasteiger charge is -2.47. The fourth-order valence-corrected chi connectivity index (χ4v) is 5.38. The minimum absolute atomic E-state index is 0.0993. The highest BCUT2D eigenvalue weighted by Crippen LogP contribution is 2.52. The largest absolute Gasteiger partial charge is 0.497 e. The van der Waals surface area contributed by atoms with Crippen LogP contribution in [0.15, 0.2) is 30.3 Å². The summed E-state index contributed by atoms with van der Waals surface area (Å²) in [6.07, 6.45) is 2.48. The molecule has 3 aliphatic heterocycles. The van der Waals surface area contributed by atoms with Gasteiger partial charge in [0.15, 0.2) is 11.5 Å². The van der Waals surface area contributed by atoms with Crippen molar-refractivity contribution < 1.29 is 28.6 Å². The number of quaternary nitrogens is 1. The highest BCUT2D eigenvalue weighted by atomic mass is 16.7. The highest BCUT2D eigenvalue weighted by Gasteiger charge is 2.53. The topological polar surface area (TPSA) is 50.6 Å². The molecule has 2 aromatic carbocycles. The average molecular weight is 413 g/mol.